The van der Waals surface area contributed by atoms with Gasteiger partial charge >= 0.3 is 0 Å². The van der Waals surface area contributed by atoms with Crippen LogP contribution >= 0.6 is 11.3 Å². The molecule has 0 saturated carbocycles. The van der Waals surface area contributed by atoms with Gasteiger partial charge in [0.2, 0.25) is 10.8 Å². The summed E-state index contributed by atoms with van der Waals surface area (Å²) in [6.45, 7) is 0. The quantitative estimate of drug-likeness (QED) is 0.524. The molecule has 5 nitrogen and oxygen atoms in total. The Morgan fingerprint density at radius 2 is 2.00 bits per heavy atom. The summed E-state index contributed by atoms with van der Waals surface area (Å²) in [5.74, 6) is 1.61. The number of rotatable bonds is 1. The van der Waals surface area contributed by atoms with E-state index in [1.165, 1.54) is 4.70 Å². The normalized spacial score (nSPS) is 11.6. The summed E-state index contributed by atoms with van der Waals surface area (Å²) in [5, 5.41) is 8.48. The zero-order chi connectivity index (χ0) is 12.1. The van der Waals surface area contributed by atoms with Crippen molar-refractivity contribution in [2.24, 2.45) is 7.05 Å². The largest absolute Gasteiger partial charge is 0.331 e. The van der Waals surface area contributed by atoms with Gasteiger partial charge in [-0.1, -0.05) is 23.5 Å². The number of aromatic nitrogens is 5. The van der Waals surface area contributed by atoms with E-state index in [2.05, 4.69) is 31.7 Å². The first-order valence-electron chi connectivity index (χ1n) is 5.55. The Bertz CT molecular complexity index is 854. The lowest BCUT2D eigenvalue weighted by Crippen LogP contribution is -1.96. The van der Waals surface area contributed by atoms with E-state index in [1.807, 2.05) is 29.9 Å². The van der Waals surface area contributed by atoms with Crippen molar-refractivity contribution in [3.63, 3.8) is 0 Å². The second-order valence-corrected chi connectivity index (χ2v) is 5.08. The Morgan fingerprint density at radius 3 is 2.83 bits per heavy atom. The van der Waals surface area contributed by atoms with Gasteiger partial charge in [-0.15, -0.1) is 10.2 Å². The lowest BCUT2D eigenvalue weighted by molar-refractivity contribution is 0.903. The van der Waals surface area contributed by atoms with Crippen LogP contribution in [0.4, 0.5) is 0 Å². The predicted octanol–water partition coefficient (Wildman–Crippen LogP) is 2.34. The SMILES string of the molecule is Cn1ccnc1-c1nnc2sc3ccccc3n12. The van der Waals surface area contributed by atoms with Crippen LogP contribution in [-0.2, 0) is 7.05 Å². The second-order valence-electron chi connectivity index (χ2n) is 4.07. The highest BCUT2D eigenvalue weighted by molar-refractivity contribution is 7.23. The molecule has 0 aliphatic carbocycles. The van der Waals surface area contributed by atoms with Crippen LogP contribution in [0.25, 0.3) is 26.8 Å². The van der Waals surface area contributed by atoms with Crippen molar-refractivity contribution >= 4 is 26.5 Å². The van der Waals surface area contributed by atoms with Crippen molar-refractivity contribution in [2.75, 3.05) is 0 Å². The topological polar surface area (TPSA) is 48.0 Å². The molecule has 4 aromatic rings. The Balaban J connectivity index is 2.16. The summed E-state index contributed by atoms with van der Waals surface area (Å²) < 4.78 is 5.21. The van der Waals surface area contributed by atoms with Gasteiger partial charge in [-0.3, -0.25) is 4.40 Å². The molecule has 3 heterocycles. The first-order valence-corrected chi connectivity index (χ1v) is 6.36. The second kappa shape index (κ2) is 3.39. The minimum Gasteiger partial charge on any atom is -0.331 e. The molecule has 1 aromatic carbocycles. The Morgan fingerprint density at radius 1 is 1.11 bits per heavy atom. The van der Waals surface area contributed by atoms with Crippen molar-refractivity contribution in [1.29, 1.82) is 0 Å². The van der Waals surface area contributed by atoms with E-state index in [4.69, 9.17) is 0 Å². The fraction of sp³-hybridized carbons (Fsp3) is 0.0833. The van der Waals surface area contributed by atoms with Gasteiger partial charge in [0.1, 0.15) is 0 Å². The maximum Gasteiger partial charge on any atom is 0.217 e. The van der Waals surface area contributed by atoms with Gasteiger partial charge in [0.15, 0.2) is 5.82 Å². The molecule has 0 unspecified atom stereocenters. The number of nitrogens with zero attached hydrogens (tertiary/aromatic N) is 5. The molecule has 88 valence electrons. The zero-order valence-electron chi connectivity index (χ0n) is 9.61. The van der Waals surface area contributed by atoms with Gasteiger partial charge in [0, 0.05) is 19.4 Å². The highest BCUT2D eigenvalue weighted by atomic mass is 32.1. The summed E-state index contributed by atoms with van der Waals surface area (Å²) in [5.41, 5.74) is 1.13. The molecule has 0 aliphatic heterocycles. The minimum absolute atomic E-state index is 0.787. The molecule has 0 saturated heterocycles. The van der Waals surface area contributed by atoms with E-state index in [1.54, 1.807) is 17.5 Å². The molecule has 0 spiro atoms. The maximum atomic E-state index is 4.34. The van der Waals surface area contributed by atoms with E-state index in [9.17, 15) is 0 Å². The lowest BCUT2D eigenvalue weighted by Gasteiger charge is -1.98. The van der Waals surface area contributed by atoms with Gasteiger partial charge in [0.25, 0.3) is 0 Å². The highest BCUT2D eigenvalue weighted by Crippen LogP contribution is 2.28. The lowest BCUT2D eigenvalue weighted by atomic mass is 10.3. The van der Waals surface area contributed by atoms with Crippen molar-refractivity contribution in [3.8, 4) is 11.6 Å². The van der Waals surface area contributed by atoms with E-state index < -0.39 is 0 Å². The molecule has 18 heavy (non-hydrogen) atoms. The van der Waals surface area contributed by atoms with Gasteiger partial charge in [-0.05, 0) is 12.1 Å². The van der Waals surface area contributed by atoms with Crippen LogP contribution < -0.4 is 0 Å². The number of hydrogen-bond donors (Lipinski definition) is 0. The van der Waals surface area contributed by atoms with Crippen LogP contribution in [0.2, 0.25) is 0 Å². The molecule has 0 atom stereocenters. The van der Waals surface area contributed by atoms with Crippen LogP contribution in [0, 0.1) is 0 Å². The molecular weight excluding hydrogens is 246 g/mol. The summed E-state index contributed by atoms with van der Waals surface area (Å²) >= 11 is 1.64. The van der Waals surface area contributed by atoms with Crippen LogP contribution in [0.15, 0.2) is 36.7 Å². The first kappa shape index (κ1) is 9.78. The molecule has 0 aliphatic rings. The van der Waals surface area contributed by atoms with Crippen molar-refractivity contribution < 1.29 is 0 Å². The first-order chi connectivity index (χ1) is 8.84. The third-order valence-corrected chi connectivity index (χ3v) is 3.97. The molecule has 6 heteroatoms. The average Bonchev–Trinajstić information content (AvgIpc) is 3.03. The fourth-order valence-corrected chi connectivity index (χ4v) is 3.07. The van der Waals surface area contributed by atoms with E-state index >= 15 is 0 Å². The summed E-state index contributed by atoms with van der Waals surface area (Å²) in [4.78, 5) is 5.24. The monoisotopic (exact) mass is 255 g/mol. The third kappa shape index (κ3) is 1.18. The Labute approximate surface area is 106 Å². The molecule has 4 rings (SSSR count). The third-order valence-electron chi connectivity index (χ3n) is 2.96. The van der Waals surface area contributed by atoms with Gasteiger partial charge < -0.3 is 4.57 Å². The number of imidazole rings is 1. The Hall–Kier alpha value is -2.21. The van der Waals surface area contributed by atoms with Gasteiger partial charge in [0.05, 0.1) is 10.2 Å². The number of para-hydroxylation sites is 1. The van der Waals surface area contributed by atoms with Crippen LogP contribution in [0.1, 0.15) is 0 Å². The molecule has 0 radical (unpaired) electrons. The van der Waals surface area contributed by atoms with E-state index in [0.29, 0.717) is 0 Å². The number of benzene rings is 1. The minimum atomic E-state index is 0.787. The summed E-state index contributed by atoms with van der Waals surface area (Å²) in [7, 11) is 1.96. The molecule has 3 aromatic heterocycles. The van der Waals surface area contributed by atoms with Crippen molar-refractivity contribution in [2.45, 2.75) is 0 Å². The molecule has 0 N–H and O–H groups in total. The van der Waals surface area contributed by atoms with Gasteiger partial charge in [-0.2, -0.15) is 0 Å². The van der Waals surface area contributed by atoms with Crippen molar-refractivity contribution in [1.82, 2.24) is 24.1 Å². The summed E-state index contributed by atoms with van der Waals surface area (Å²) in [6, 6.07) is 8.23. The standard InChI is InChI=1S/C12H9N5S/c1-16-7-6-13-10(16)11-14-15-12-17(11)8-4-2-3-5-9(8)18-12/h2-7H,1H3. The molecule has 0 fully saturated rings. The maximum absolute atomic E-state index is 4.34. The van der Waals surface area contributed by atoms with E-state index in [-0.39, 0.29) is 0 Å². The molecular formula is C12H9N5S. The highest BCUT2D eigenvalue weighted by Gasteiger charge is 2.16. The van der Waals surface area contributed by atoms with E-state index in [0.717, 1.165) is 22.1 Å². The fourth-order valence-electron chi connectivity index (χ4n) is 2.11. The predicted molar refractivity (Wildman–Crippen MR) is 70.6 cm³/mol. The average molecular weight is 255 g/mol. The zero-order valence-corrected chi connectivity index (χ0v) is 10.4. The van der Waals surface area contributed by atoms with Crippen LogP contribution in [0.5, 0.6) is 0 Å². The number of aryl methyl sites for hydroxylation is 1. The van der Waals surface area contributed by atoms with Gasteiger partial charge in [-0.25, -0.2) is 4.98 Å². The summed E-state index contributed by atoms with van der Waals surface area (Å²) in [6.07, 6.45) is 3.68. The van der Waals surface area contributed by atoms with Crippen molar-refractivity contribution in [3.05, 3.63) is 36.7 Å². The number of fused-ring (bicyclic) bond motifs is 3. The number of thiazole rings is 1. The van der Waals surface area contributed by atoms with Crippen LogP contribution in [-0.4, -0.2) is 24.1 Å². The Kier molecular flexibility index (Phi) is 1.84. The smallest absolute Gasteiger partial charge is 0.217 e. The molecule has 0 bridgehead atoms. The van der Waals surface area contributed by atoms with Crippen LogP contribution in [0.3, 0.4) is 0 Å². The number of hydrogen-bond acceptors (Lipinski definition) is 4. The molecule has 0 amide bonds.